The molecule has 2 aromatic carbocycles. The largest absolute Gasteiger partial charge is 0.349 e. The van der Waals surface area contributed by atoms with Gasteiger partial charge in [0.15, 0.2) is 0 Å². The molecule has 0 bridgehead atoms. The van der Waals surface area contributed by atoms with E-state index in [-0.39, 0.29) is 22.5 Å². The van der Waals surface area contributed by atoms with Crippen LogP contribution >= 0.6 is 34.8 Å². The maximum Gasteiger partial charge on any atom is 0.255 e. The van der Waals surface area contributed by atoms with Crippen LogP contribution in [0.3, 0.4) is 0 Å². The topological polar surface area (TPSA) is 49.4 Å². The van der Waals surface area contributed by atoms with Crippen molar-refractivity contribution in [1.82, 2.24) is 10.2 Å². The SMILES string of the molecule is O=C(NC1CCN(C(=O)c2cc(Cl)ccc2Cl)CC1)c1c(F)cccc1Cl. The molecule has 0 radical (unpaired) electrons. The van der Waals surface area contributed by atoms with E-state index in [0.29, 0.717) is 41.5 Å². The standard InChI is InChI=1S/C19H16Cl3FN2O2/c20-11-4-5-14(21)13(10-11)19(27)25-8-6-12(7-9-25)24-18(26)17-15(22)2-1-3-16(17)23/h1-5,10,12H,6-9H2,(H,24,26). The average Bonchev–Trinajstić information content (AvgIpc) is 2.63. The van der Waals surface area contributed by atoms with Crippen molar-refractivity contribution in [2.75, 3.05) is 13.1 Å². The van der Waals surface area contributed by atoms with Gasteiger partial charge in [-0.3, -0.25) is 9.59 Å². The number of hydrogen-bond donors (Lipinski definition) is 1. The first-order valence-electron chi connectivity index (χ1n) is 8.36. The summed E-state index contributed by atoms with van der Waals surface area (Å²) in [6, 6.07) is 8.68. The lowest BCUT2D eigenvalue weighted by Gasteiger charge is -2.32. The summed E-state index contributed by atoms with van der Waals surface area (Å²) < 4.78 is 13.9. The summed E-state index contributed by atoms with van der Waals surface area (Å²) in [5, 5.41) is 3.63. The van der Waals surface area contributed by atoms with Crippen LogP contribution in [0, 0.1) is 5.82 Å². The zero-order valence-electron chi connectivity index (χ0n) is 14.1. The van der Waals surface area contributed by atoms with E-state index in [1.807, 2.05) is 0 Å². The number of carbonyl (C=O) groups is 2. The van der Waals surface area contributed by atoms with Gasteiger partial charge in [-0.05, 0) is 43.2 Å². The number of nitrogens with zero attached hydrogens (tertiary/aromatic N) is 1. The van der Waals surface area contributed by atoms with E-state index in [1.165, 1.54) is 18.2 Å². The van der Waals surface area contributed by atoms with Crippen LogP contribution in [-0.4, -0.2) is 35.8 Å². The van der Waals surface area contributed by atoms with Crippen molar-refractivity contribution in [3.8, 4) is 0 Å². The van der Waals surface area contributed by atoms with Crippen molar-refractivity contribution >= 4 is 46.6 Å². The van der Waals surface area contributed by atoms with Gasteiger partial charge in [-0.1, -0.05) is 40.9 Å². The molecule has 142 valence electrons. The minimum atomic E-state index is -0.664. The molecular weight excluding hydrogens is 414 g/mol. The molecule has 0 aromatic heterocycles. The van der Waals surface area contributed by atoms with Gasteiger partial charge in [0, 0.05) is 24.2 Å². The van der Waals surface area contributed by atoms with E-state index in [0.717, 1.165) is 0 Å². The maximum absolute atomic E-state index is 13.9. The van der Waals surface area contributed by atoms with Crippen molar-refractivity contribution in [2.24, 2.45) is 0 Å². The molecule has 2 aromatic rings. The highest BCUT2D eigenvalue weighted by Gasteiger charge is 2.27. The summed E-state index contributed by atoms with van der Waals surface area (Å²) in [4.78, 5) is 26.6. The molecule has 3 rings (SSSR count). The van der Waals surface area contributed by atoms with Crippen molar-refractivity contribution in [2.45, 2.75) is 18.9 Å². The summed E-state index contributed by atoms with van der Waals surface area (Å²) in [6.07, 6.45) is 1.09. The number of piperidine rings is 1. The molecule has 0 unspecified atom stereocenters. The van der Waals surface area contributed by atoms with Crippen LogP contribution in [0.15, 0.2) is 36.4 Å². The Bertz CT molecular complexity index is 863. The molecule has 27 heavy (non-hydrogen) atoms. The fourth-order valence-corrected chi connectivity index (χ4v) is 3.65. The zero-order chi connectivity index (χ0) is 19.6. The average molecular weight is 430 g/mol. The van der Waals surface area contributed by atoms with Gasteiger partial charge in [0.25, 0.3) is 11.8 Å². The first-order valence-corrected chi connectivity index (χ1v) is 9.49. The van der Waals surface area contributed by atoms with Gasteiger partial charge < -0.3 is 10.2 Å². The van der Waals surface area contributed by atoms with Gasteiger partial charge in [-0.15, -0.1) is 0 Å². The lowest BCUT2D eigenvalue weighted by Crippen LogP contribution is -2.46. The van der Waals surface area contributed by atoms with Crippen LogP contribution in [0.1, 0.15) is 33.6 Å². The number of amides is 2. The van der Waals surface area contributed by atoms with E-state index in [2.05, 4.69) is 5.32 Å². The van der Waals surface area contributed by atoms with E-state index in [4.69, 9.17) is 34.8 Å². The van der Waals surface area contributed by atoms with Gasteiger partial charge in [-0.2, -0.15) is 0 Å². The smallest absolute Gasteiger partial charge is 0.255 e. The third kappa shape index (κ3) is 4.54. The molecule has 1 aliphatic rings. The van der Waals surface area contributed by atoms with Crippen LogP contribution in [0.2, 0.25) is 15.1 Å². The maximum atomic E-state index is 13.9. The highest BCUT2D eigenvalue weighted by Crippen LogP contribution is 2.24. The molecule has 1 saturated heterocycles. The Morgan fingerprint density at radius 3 is 2.41 bits per heavy atom. The molecule has 8 heteroatoms. The third-order valence-corrected chi connectivity index (χ3v) is 5.35. The Hall–Kier alpha value is -1.82. The van der Waals surface area contributed by atoms with Crippen LogP contribution in [0.5, 0.6) is 0 Å². The van der Waals surface area contributed by atoms with Gasteiger partial charge in [0.05, 0.1) is 21.2 Å². The molecule has 1 heterocycles. The van der Waals surface area contributed by atoms with Crippen LogP contribution in [0.25, 0.3) is 0 Å². The second-order valence-corrected chi connectivity index (χ2v) is 7.51. The first-order chi connectivity index (χ1) is 12.9. The number of nitrogens with one attached hydrogen (secondary N) is 1. The van der Waals surface area contributed by atoms with Crippen molar-refractivity contribution in [1.29, 1.82) is 0 Å². The number of halogens is 4. The molecule has 1 N–H and O–H groups in total. The highest BCUT2D eigenvalue weighted by molar-refractivity contribution is 6.35. The minimum absolute atomic E-state index is 0.0655. The molecule has 1 fully saturated rings. The van der Waals surface area contributed by atoms with Crippen LogP contribution in [0.4, 0.5) is 4.39 Å². The number of likely N-dealkylation sites (tertiary alicyclic amines) is 1. The summed E-state index contributed by atoms with van der Waals surface area (Å²) in [7, 11) is 0. The Morgan fingerprint density at radius 1 is 1.04 bits per heavy atom. The fourth-order valence-electron chi connectivity index (χ4n) is 3.03. The van der Waals surface area contributed by atoms with E-state index in [1.54, 1.807) is 23.1 Å². The number of rotatable bonds is 3. The van der Waals surface area contributed by atoms with Gasteiger partial charge >= 0.3 is 0 Å². The van der Waals surface area contributed by atoms with E-state index in [9.17, 15) is 14.0 Å². The predicted molar refractivity (Wildman–Crippen MR) is 104 cm³/mol. The van der Waals surface area contributed by atoms with Gasteiger partial charge in [0.1, 0.15) is 5.82 Å². The van der Waals surface area contributed by atoms with E-state index < -0.39 is 11.7 Å². The second kappa shape index (κ2) is 8.46. The number of carbonyl (C=O) groups excluding carboxylic acids is 2. The van der Waals surface area contributed by atoms with Gasteiger partial charge in [0.2, 0.25) is 0 Å². The van der Waals surface area contributed by atoms with Crippen LogP contribution < -0.4 is 5.32 Å². The molecule has 1 aliphatic heterocycles. The number of benzene rings is 2. The Morgan fingerprint density at radius 2 is 1.74 bits per heavy atom. The quantitative estimate of drug-likeness (QED) is 0.760. The van der Waals surface area contributed by atoms with Crippen molar-refractivity contribution in [3.05, 3.63) is 68.4 Å². The number of hydrogen-bond acceptors (Lipinski definition) is 2. The second-order valence-electron chi connectivity index (χ2n) is 6.26. The Kier molecular flexibility index (Phi) is 6.25. The fraction of sp³-hybridized carbons (Fsp3) is 0.263. The first kappa shape index (κ1) is 19.9. The lowest BCUT2D eigenvalue weighted by molar-refractivity contribution is 0.0698. The van der Waals surface area contributed by atoms with Crippen molar-refractivity contribution < 1.29 is 14.0 Å². The third-order valence-electron chi connectivity index (χ3n) is 4.47. The Balaban J connectivity index is 1.61. The minimum Gasteiger partial charge on any atom is -0.349 e. The summed E-state index contributed by atoms with van der Waals surface area (Å²) in [5.41, 5.74) is 0.188. The molecule has 0 aliphatic carbocycles. The van der Waals surface area contributed by atoms with E-state index >= 15 is 0 Å². The van der Waals surface area contributed by atoms with Crippen LogP contribution in [-0.2, 0) is 0 Å². The molecule has 0 saturated carbocycles. The molecule has 4 nitrogen and oxygen atoms in total. The predicted octanol–water partition coefficient (Wildman–Crippen LogP) is 4.82. The summed E-state index contributed by atoms with van der Waals surface area (Å²) in [5.74, 6) is -1.42. The summed E-state index contributed by atoms with van der Waals surface area (Å²) >= 11 is 18.0. The summed E-state index contributed by atoms with van der Waals surface area (Å²) in [6.45, 7) is 0.884. The Labute approximate surface area is 171 Å². The normalized spacial score (nSPS) is 14.9. The monoisotopic (exact) mass is 428 g/mol. The van der Waals surface area contributed by atoms with Gasteiger partial charge in [-0.25, -0.2) is 4.39 Å². The zero-order valence-corrected chi connectivity index (χ0v) is 16.4. The molecule has 0 atom stereocenters. The molecule has 2 amide bonds. The lowest BCUT2D eigenvalue weighted by atomic mass is 10.0. The van der Waals surface area contributed by atoms with Crippen molar-refractivity contribution in [3.63, 3.8) is 0 Å². The highest BCUT2D eigenvalue weighted by atomic mass is 35.5. The molecular formula is C19H16Cl3FN2O2. The molecule has 0 spiro atoms.